The number of para-hydroxylation sites is 1. The van der Waals surface area contributed by atoms with E-state index in [9.17, 15) is 53.4 Å². The first kappa shape index (κ1) is 54.0. The minimum Gasteiger partial charge on any atom is -0.481 e. The second-order valence-corrected chi connectivity index (χ2v) is 18.0. The standard InChI is InChI=1S/C50H58N12O13/c1-2-50(73)32-21-38-42-30(25-62(38)47(71)31(32)26-74-48(50)72)29(28-12-6-7-13-33(28)58-42)23-56-75-19-18-53-39(63)16-8-14-35-44(68)59-34(15-9-17-54-49(51)52)43(67)55-24-40(64)57-37(22-41(65)66)46(70)61-36(45(69)60-35)20-27-10-4-3-5-11-27/h3-7,10-13,21,23,34-37,73H,2,8-9,14-20,22,24-26H2,1H3,(H,53,63)(H,55,67)(H,57,64)(H,59,68)(H,60,69)(H,61,70)(H,65,66)(H4,51,52,54)/b56-23-/t34-,35-,36+,37-,50-/m0/s1. The van der Waals surface area contributed by atoms with E-state index in [1.807, 2.05) is 18.2 Å². The SMILES string of the molecule is CC[C@@]1(O)C(=O)OCc2c1cc1n(c2=O)Cc2c-1nc1ccccc1c2/C=N\OCCNC(=O)CCC[C@@H]1NC(=O)[C@@H](Cc2ccccc2)NC(=O)[C@H](CC(=O)O)NC(=O)CNC(=O)[C@H](CCCN=C(N)N)NC1=O. The Bertz CT molecular complexity index is 3000. The maximum atomic E-state index is 14.1. The zero-order valence-corrected chi connectivity index (χ0v) is 40.9. The van der Waals surface area contributed by atoms with Crippen molar-refractivity contribution in [3.05, 3.63) is 98.8 Å². The maximum absolute atomic E-state index is 14.1. The van der Waals surface area contributed by atoms with E-state index in [1.54, 1.807) is 49.4 Å². The van der Waals surface area contributed by atoms with Crippen LogP contribution in [0.5, 0.6) is 0 Å². The Hall–Kier alpha value is -8.74. The fourth-order valence-electron chi connectivity index (χ4n) is 8.98. The summed E-state index contributed by atoms with van der Waals surface area (Å²) in [6, 6.07) is 11.7. The van der Waals surface area contributed by atoms with Crippen LogP contribution in [-0.2, 0) is 73.1 Å². The molecule has 1 saturated heterocycles. The summed E-state index contributed by atoms with van der Waals surface area (Å²) < 4.78 is 6.71. The van der Waals surface area contributed by atoms with Gasteiger partial charge in [0.25, 0.3) is 5.56 Å². The maximum Gasteiger partial charge on any atom is 0.343 e. The number of nitrogens with one attached hydrogen (secondary N) is 6. The van der Waals surface area contributed by atoms with Crippen LogP contribution in [-0.4, -0.2) is 130 Å². The summed E-state index contributed by atoms with van der Waals surface area (Å²) in [6.07, 6.45) is 0.473. The number of carboxylic acid groups (broad SMARTS) is 1. The van der Waals surface area contributed by atoms with E-state index >= 15 is 0 Å². The molecule has 25 heteroatoms. The van der Waals surface area contributed by atoms with Crippen LogP contribution >= 0.6 is 0 Å². The van der Waals surface area contributed by atoms with Crippen LogP contribution in [0.4, 0.5) is 0 Å². The Kier molecular flexibility index (Phi) is 17.5. The highest BCUT2D eigenvalue weighted by molar-refractivity contribution is 6.02. The first-order valence-electron chi connectivity index (χ1n) is 24.3. The third-order valence-corrected chi connectivity index (χ3v) is 12.9. The Labute approximate surface area is 428 Å². The summed E-state index contributed by atoms with van der Waals surface area (Å²) in [4.78, 5) is 134. The number of carbonyl (C=O) groups excluding carboxylic acids is 7. The van der Waals surface area contributed by atoms with Gasteiger partial charge in [0.15, 0.2) is 11.6 Å². The predicted octanol–water partition coefficient (Wildman–Crippen LogP) is -1.44. The number of nitrogens with two attached hydrogens (primary N) is 2. The second kappa shape index (κ2) is 24.3. The van der Waals surface area contributed by atoms with Gasteiger partial charge >= 0.3 is 11.9 Å². The van der Waals surface area contributed by atoms with E-state index in [2.05, 4.69) is 42.0 Å². The number of esters is 1. The van der Waals surface area contributed by atoms with E-state index in [1.165, 1.54) is 10.8 Å². The largest absolute Gasteiger partial charge is 0.481 e. The molecule has 1 fully saturated rings. The van der Waals surface area contributed by atoms with E-state index in [4.69, 9.17) is 26.0 Å². The highest BCUT2D eigenvalue weighted by atomic mass is 16.6. The topological polar surface area (TPSA) is 379 Å². The molecule has 3 aliphatic heterocycles. The van der Waals surface area contributed by atoms with Gasteiger partial charge in [-0.15, -0.1) is 0 Å². The molecule has 5 atom stereocenters. The third-order valence-electron chi connectivity index (χ3n) is 12.9. The molecule has 0 radical (unpaired) electrons. The Balaban J connectivity index is 1.02. The lowest BCUT2D eigenvalue weighted by atomic mass is 9.86. The molecule has 0 unspecified atom stereocenters. The molecular weight excluding hydrogens is 977 g/mol. The number of aliphatic hydroxyl groups is 1. The number of nitrogens with zero attached hydrogens (tertiary/aromatic N) is 4. The molecular formula is C50H58N12O13. The minimum absolute atomic E-state index is 0.00689. The number of oxime groups is 1. The molecule has 0 aliphatic carbocycles. The quantitative estimate of drug-likeness (QED) is 0.0158. The number of hydrogen-bond acceptors (Lipinski definition) is 15. The molecule has 0 bridgehead atoms. The minimum atomic E-state index is -1.99. The number of benzene rings is 2. The number of cyclic esters (lactones) is 1. The molecule has 2 aromatic heterocycles. The fraction of sp³-hybridized carbons (Fsp3) is 0.400. The number of aliphatic carboxylic acids is 1. The lowest BCUT2D eigenvalue weighted by molar-refractivity contribution is -0.172. The predicted molar refractivity (Wildman–Crippen MR) is 268 cm³/mol. The number of fused-ring (bicyclic) bond motifs is 5. The number of amides is 6. The average Bonchev–Trinajstić information content (AvgIpc) is 3.76. The molecule has 0 saturated carbocycles. The van der Waals surface area contributed by atoms with Gasteiger partial charge in [0.1, 0.15) is 37.4 Å². The monoisotopic (exact) mass is 1030 g/mol. The van der Waals surface area contributed by atoms with Gasteiger partial charge in [0.2, 0.25) is 35.4 Å². The first-order valence-corrected chi connectivity index (χ1v) is 24.3. The number of pyridine rings is 2. The summed E-state index contributed by atoms with van der Waals surface area (Å²) >= 11 is 0. The number of hydrogen-bond donors (Lipinski definition) is 10. The number of aromatic nitrogens is 2. The van der Waals surface area contributed by atoms with Gasteiger partial charge in [-0.3, -0.25) is 43.3 Å². The van der Waals surface area contributed by atoms with Crippen molar-refractivity contribution in [1.82, 2.24) is 41.5 Å². The molecule has 75 heavy (non-hydrogen) atoms. The summed E-state index contributed by atoms with van der Waals surface area (Å²) in [7, 11) is 0. The highest BCUT2D eigenvalue weighted by Crippen LogP contribution is 2.40. The van der Waals surface area contributed by atoms with Crippen LogP contribution in [0.3, 0.4) is 0 Å². The van der Waals surface area contributed by atoms with Crippen molar-refractivity contribution in [2.75, 3.05) is 26.2 Å². The molecule has 0 spiro atoms. The molecule has 2 aromatic carbocycles. The molecule has 7 rings (SSSR count). The zero-order valence-electron chi connectivity index (χ0n) is 40.9. The van der Waals surface area contributed by atoms with Crippen molar-refractivity contribution in [2.24, 2.45) is 21.6 Å². The Morgan fingerprint density at radius 3 is 2.31 bits per heavy atom. The van der Waals surface area contributed by atoms with Gasteiger partial charge in [0.05, 0.1) is 54.7 Å². The van der Waals surface area contributed by atoms with Gasteiger partial charge in [0, 0.05) is 41.5 Å². The van der Waals surface area contributed by atoms with Gasteiger partial charge in [-0.25, -0.2) is 9.78 Å². The van der Waals surface area contributed by atoms with Gasteiger partial charge < -0.3 is 67.7 Å². The van der Waals surface area contributed by atoms with Crippen molar-refractivity contribution in [3.63, 3.8) is 0 Å². The summed E-state index contributed by atoms with van der Waals surface area (Å²) in [5.41, 5.74) is 12.2. The highest BCUT2D eigenvalue weighted by Gasteiger charge is 2.45. The zero-order chi connectivity index (χ0) is 53.8. The van der Waals surface area contributed by atoms with Crippen molar-refractivity contribution < 1.29 is 58.1 Å². The van der Waals surface area contributed by atoms with Gasteiger partial charge in [-0.2, -0.15) is 0 Å². The first-order chi connectivity index (χ1) is 36.0. The number of rotatable bonds is 18. The Morgan fingerprint density at radius 1 is 0.893 bits per heavy atom. The van der Waals surface area contributed by atoms with Crippen LogP contribution in [0.25, 0.3) is 22.3 Å². The van der Waals surface area contributed by atoms with Crippen molar-refractivity contribution >= 4 is 70.5 Å². The average molecular weight is 1040 g/mol. The fourth-order valence-corrected chi connectivity index (χ4v) is 8.98. The summed E-state index contributed by atoms with van der Waals surface area (Å²) in [5, 5.41) is 40.9. The lowest BCUT2D eigenvalue weighted by Crippen LogP contribution is -2.58. The van der Waals surface area contributed by atoms with Gasteiger partial charge in [-0.05, 0) is 49.8 Å². The molecule has 4 aromatic rings. The number of ether oxygens (including phenoxy) is 1. The lowest BCUT2D eigenvalue weighted by Gasteiger charge is -2.31. The van der Waals surface area contributed by atoms with Crippen LogP contribution in [0.2, 0.25) is 0 Å². The van der Waals surface area contributed by atoms with Crippen molar-refractivity contribution in [2.45, 2.75) is 101 Å². The number of guanidine groups is 1. The molecule has 5 heterocycles. The summed E-state index contributed by atoms with van der Waals surface area (Å²) in [5.74, 6) is -7.30. The third kappa shape index (κ3) is 13.1. The number of carboxylic acids is 1. The van der Waals surface area contributed by atoms with Crippen LogP contribution in [0.15, 0.2) is 75.6 Å². The molecule has 12 N–H and O–H groups in total. The van der Waals surface area contributed by atoms with E-state index in [-0.39, 0.29) is 94.9 Å². The Morgan fingerprint density at radius 2 is 1.57 bits per heavy atom. The van der Waals surface area contributed by atoms with E-state index in [0.29, 0.717) is 33.6 Å². The van der Waals surface area contributed by atoms with Crippen LogP contribution in [0.1, 0.15) is 79.7 Å². The summed E-state index contributed by atoms with van der Waals surface area (Å²) in [6.45, 7) is 0.800. The molecule has 25 nitrogen and oxygen atoms in total. The van der Waals surface area contributed by atoms with E-state index in [0.717, 1.165) is 5.39 Å². The van der Waals surface area contributed by atoms with Crippen molar-refractivity contribution in [1.29, 1.82) is 0 Å². The second-order valence-electron chi connectivity index (χ2n) is 18.0. The van der Waals surface area contributed by atoms with Crippen LogP contribution in [0, 0.1) is 0 Å². The molecule has 3 aliphatic rings. The van der Waals surface area contributed by atoms with Gasteiger partial charge in [-0.1, -0.05) is 60.6 Å². The number of carbonyl (C=O) groups is 8. The molecule has 6 amide bonds. The number of aliphatic imine (C=N–C) groups is 1. The van der Waals surface area contributed by atoms with Crippen LogP contribution < -0.4 is 48.9 Å². The smallest absolute Gasteiger partial charge is 0.343 e. The van der Waals surface area contributed by atoms with Crippen molar-refractivity contribution in [3.8, 4) is 11.4 Å². The van der Waals surface area contributed by atoms with E-state index < -0.39 is 95.7 Å². The normalized spacial score (nSPS) is 20.9. The molecule has 396 valence electrons.